The molecule has 0 aromatic rings. The SMILES string of the molecule is CCCCCCCCCCCCCC/C=C\CCCCCCCCCCCCCCC(=O)NC(COP(=O)(O)OCC[N+](C)(C)C)C(O)/C=C/CCCCCCCCCCCCCCCCCCCCCCCC. The summed E-state index contributed by atoms with van der Waals surface area (Å²) in [6, 6.07) is -0.846. The largest absolute Gasteiger partial charge is 0.472 e. The third-order valence-electron chi connectivity index (χ3n) is 15.2. The Morgan fingerprint density at radius 1 is 0.446 bits per heavy atom. The predicted octanol–water partition coefficient (Wildman–Crippen LogP) is 20.3. The number of hydrogen-bond acceptors (Lipinski definition) is 5. The van der Waals surface area contributed by atoms with Gasteiger partial charge < -0.3 is 19.8 Å². The van der Waals surface area contributed by atoms with Crippen molar-refractivity contribution < 1.29 is 32.9 Å². The zero-order chi connectivity index (χ0) is 54.2. The molecule has 3 N–H and O–H groups in total. The van der Waals surface area contributed by atoms with Gasteiger partial charge >= 0.3 is 7.82 Å². The van der Waals surface area contributed by atoms with E-state index in [1.54, 1.807) is 6.08 Å². The van der Waals surface area contributed by atoms with E-state index < -0.39 is 20.0 Å². The molecule has 0 radical (unpaired) electrons. The van der Waals surface area contributed by atoms with E-state index in [1.165, 1.54) is 283 Å². The van der Waals surface area contributed by atoms with E-state index in [9.17, 15) is 19.4 Å². The quantitative estimate of drug-likeness (QED) is 0.0243. The molecule has 8 nitrogen and oxygen atoms in total. The van der Waals surface area contributed by atoms with Crippen molar-refractivity contribution in [3.05, 3.63) is 24.3 Å². The Bertz CT molecular complexity index is 1260. The van der Waals surface area contributed by atoms with E-state index in [0.29, 0.717) is 17.4 Å². The van der Waals surface area contributed by atoms with E-state index in [2.05, 4.69) is 31.3 Å². The molecule has 3 atom stereocenters. The summed E-state index contributed by atoms with van der Waals surface area (Å²) in [5.74, 6) is -0.171. The van der Waals surface area contributed by atoms with Crippen molar-refractivity contribution in [1.29, 1.82) is 0 Å². The predicted molar refractivity (Wildman–Crippen MR) is 323 cm³/mol. The molecule has 0 saturated heterocycles. The molecule has 0 aromatic heterocycles. The summed E-state index contributed by atoms with van der Waals surface area (Å²) in [5, 5.41) is 14.0. The van der Waals surface area contributed by atoms with Crippen molar-refractivity contribution in [2.45, 2.75) is 347 Å². The summed E-state index contributed by atoms with van der Waals surface area (Å²) in [4.78, 5) is 23.4. The molecule has 3 unspecified atom stereocenters. The van der Waals surface area contributed by atoms with E-state index in [-0.39, 0.29) is 19.1 Å². The highest BCUT2D eigenvalue weighted by molar-refractivity contribution is 7.47. The number of quaternary nitrogens is 1. The van der Waals surface area contributed by atoms with Crippen LogP contribution in [0, 0.1) is 0 Å². The van der Waals surface area contributed by atoms with Gasteiger partial charge in [0.05, 0.1) is 39.9 Å². The molecule has 0 fully saturated rings. The maximum absolute atomic E-state index is 13.0. The normalized spacial score (nSPS) is 13.9. The molecule has 0 aliphatic rings. The van der Waals surface area contributed by atoms with Crippen molar-refractivity contribution in [3.63, 3.8) is 0 Å². The molecule has 0 spiro atoms. The fourth-order valence-corrected chi connectivity index (χ4v) is 10.8. The lowest BCUT2D eigenvalue weighted by atomic mass is 10.0. The second-order valence-electron chi connectivity index (χ2n) is 23.8. The molecule has 0 aliphatic heterocycles. The molecule has 0 saturated carbocycles. The third kappa shape index (κ3) is 58.7. The molecular weight excluding hydrogens is 936 g/mol. The molecular formula is C65H130N2O6P+. The number of aliphatic hydroxyl groups is 1. The molecule has 0 aromatic carbocycles. The lowest BCUT2D eigenvalue weighted by molar-refractivity contribution is -0.870. The van der Waals surface area contributed by atoms with Gasteiger partial charge in [0.15, 0.2) is 0 Å². The van der Waals surface area contributed by atoms with Gasteiger partial charge in [0.25, 0.3) is 0 Å². The van der Waals surface area contributed by atoms with Crippen LogP contribution in [-0.4, -0.2) is 73.4 Å². The minimum atomic E-state index is -4.35. The van der Waals surface area contributed by atoms with E-state index >= 15 is 0 Å². The van der Waals surface area contributed by atoms with Crippen LogP contribution in [0.4, 0.5) is 0 Å². The van der Waals surface area contributed by atoms with Crippen molar-refractivity contribution in [2.24, 2.45) is 0 Å². The van der Waals surface area contributed by atoms with Crippen LogP contribution < -0.4 is 5.32 Å². The highest BCUT2D eigenvalue weighted by atomic mass is 31.2. The molecule has 0 bridgehead atoms. The second-order valence-corrected chi connectivity index (χ2v) is 25.3. The average molecular weight is 1070 g/mol. The number of amides is 1. The number of nitrogens with zero attached hydrogens (tertiary/aromatic N) is 1. The number of phosphoric acid groups is 1. The number of nitrogens with one attached hydrogen (secondary N) is 1. The lowest BCUT2D eigenvalue weighted by Gasteiger charge is -2.25. The Morgan fingerprint density at radius 2 is 0.730 bits per heavy atom. The van der Waals surface area contributed by atoms with Gasteiger partial charge in [-0.3, -0.25) is 13.8 Å². The number of phosphoric ester groups is 1. The standard InChI is InChI=1S/C65H129N2O6P/c1-6-8-10-12-14-16-18-20-22-24-26-28-30-32-33-34-35-37-39-41-43-45-47-49-51-53-55-57-59-65(69)66-63(62-73-74(70,71)72-61-60-67(3,4)5)64(68)58-56-54-52-50-48-46-44-42-40-38-36-31-29-27-25-23-21-19-17-15-13-11-9-7-2/h32-33,56,58,63-64,68H,6-31,34-55,57,59-62H2,1-5H3,(H-,66,69,70,71)/p+1/b33-32-,58-56+. The number of likely N-dealkylation sites (N-methyl/N-ethyl adjacent to an activating group) is 1. The van der Waals surface area contributed by atoms with Gasteiger partial charge in [-0.05, 0) is 44.9 Å². The van der Waals surface area contributed by atoms with Crippen LogP contribution in [0.25, 0.3) is 0 Å². The summed E-state index contributed by atoms with van der Waals surface area (Å²) < 4.78 is 23.8. The molecule has 9 heteroatoms. The van der Waals surface area contributed by atoms with Gasteiger partial charge in [-0.2, -0.15) is 0 Å². The van der Waals surface area contributed by atoms with Crippen molar-refractivity contribution in [3.8, 4) is 0 Å². The summed E-state index contributed by atoms with van der Waals surface area (Å²) in [5.41, 5.74) is 0. The smallest absolute Gasteiger partial charge is 0.387 e. The van der Waals surface area contributed by atoms with E-state index in [4.69, 9.17) is 9.05 Å². The third-order valence-corrected chi connectivity index (χ3v) is 16.1. The highest BCUT2D eigenvalue weighted by Gasteiger charge is 2.28. The maximum Gasteiger partial charge on any atom is 0.472 e. The highest BCUT2D eigenvalue weighted by Crippen LogP contribution is 2.43. The first-order valence-electron chi connectivity index (χ1n) is 32.7. The molecule has 1 amide bonds. The molecule has 0 aliphatic carbocycles. The monoisotopic (exact) mass is 1070 g/mol. The van der Waals surface area contributed by atoms with Gasteiger partial charge in [-0.25, -0.2) is 4.57 Å². The van der Waals surface area contributed by atoms with Crippen LogP contribution in [0.5, 0.6) is 0 Å². The number of carbonyl (C=O) groups is 1. The van der Waals surface area contributed by atoms with E-state index in [0.717, 1.165) is 32.1 Å². The fraction of sp³-hybridized carbons (Fsp3) is 0.923. The average Bonchev–Trinajstić information content (AvgIpc) is 3.36. The summed E-state index contributed by atoms with van der Waals surface area (Å²) >= 11 is 0. The van der Waals surface area contributed by atoms with Gasteiger partial charge in [0, 0.05) is 6.42 Å². The Kier molecular flexibility index (Phi) is 55.9. The minimum absolute atomic E-state index is 0.0636. The number of aliphatic hydroxyl groups excluding tert-OH is 1. The zero-order valence-electron chi connectivity index (χ0n) is 50.4. The van der Waals surface area contributed by atoms with Crippen LogP contribution in [0.15, 0.2) is 24.3 Å². The molecule has 0 rings (SSSR count). The molecule has 0 heterocycles. The van der Waals surface area contributed by atoms with Crippen molar-refractivity contribution in [1.82, 2.24) is 5.32 Å². The molecule has 74 heavy (non-hydrogen) atoms. The number of allylic oxidation sites excluding steroid dienone is 3. The second kappa shape index (κ2) is 56.7. The summed E-state index contributed by atoms with van der Waals surface area (Å²) in [6.45, 7) is 4.87. The van der Waals surface area contributed by atoms with Crippen LogP contribution in [-0.2, 0) is 18.4 Å². The zero-order valence-corrected chi connectivity index (χ0v) is 51.3. The Hall–Kier alpha value is -1.02. The Labute approximate surface area is 462 Å². The number of rotatable bonds is 61. The van der Waals surface area contributed by atoms with Gasteiger partial charge in [-0.1, -0.05) is 308 Å². The van der Waals surface area contributed by atoms with E-state index in [1.807, 2.05) is 27.2 Å². The first kappa shape index (κ1) is 73.0. The Balaban J connectivity index is 4.10. The van der Waals surface area contributed by atoms with Crippen LogP contribution >= 0.6 is 7.82 Å². The maximum atomic E-state index is 13.0. The van der Waals surface area contributed by atoms with Gasteiger partial charge in [-0.15, -0.1) is 0 Å². The van der Waals surface area contributed by atoms with Crippen LogP contribution in [0.1, 0.15) is 335 Å². The number of carbonyl (C=O) groups excluding carboxylic acids is 1. The van der Waals surface area contributed by atoms with Crippen molar-refractivity contribution in [2.75, 3.05) is 40.9 Å². The number of unbranched alkanes of at least 4 members (excludes halogenated alkanes) is 46. The van der Waals surface area contributed by atoms with Gasteiger partial charge in [0.1, 0.15) is 13.2 Å². The van der Waals surface area contributed by atoms with Crippen molar-refractivity contribution >= 4 is 13.7 Å². The fourth-order valence-electron chi connectivity index (χ4n) is 10.0. The Morgan fingerprint density at radius 3 is 1.04 bits per heavy atom. The van der Waals surface area contributed by atoms with Crippen LogP contribution in [0.3, 0.4) is 0 Å². The van der Waals surface area contributed by atoms with Gasteiger partial charge in [0.2, 0.25) is 5.91 Å². The lowest BCUT2D eigenvalue weighted by Crippen LogP contribution is -2.45. The first-order valence-corrected chi connectivity index (χ1v) is 34.2. The topological polar surface area (TPSA) is 105 Å². The minimum Gasteiger partial charge on any atom is -0.387 e. The molecule has 440 valence electrons. The summed E-state index contributed by atoms with van der Waals surface area (Å²) in [6.07, 6.45) is 73.0. The summed E-state index contributed by atoms with van der Waals surface area (Å²) in [7, 11) is 1.59. The first-order chi connectivity index (χ1) is 36.0. The number of hydrogen-bond donors (Lipinski definition) is 3. The van der Waals surface area contributed by atoms with Crippen LogP contribution in [0.2, 0.25) is 0 Å².